The van der Waals surface area contributed by atoms with Crippen LogP contribution in [-0.2, 0) is 19.1 Å². The number of hydrogen-bond donors (Lipinski definition) is 1. The molecule has 0 saturated carbocycles. The molecular weight excluding hydrogens is 378 g/mol. The minimum Gasteiger partial charge on any atom is -0.463 e. The first-order chi connectivity index (χ1) is 14.5. The van der Waals surface area contributed by atoms with Crippen LogP contribution in [0.5, 0.6) is 0 Å². The van der Waals surface area contributed by atoms with Crippen LogP contribution in [0, 0.1) is 0 Å². The van der Waals surface area contributed by atoms with E-state index in [2.05, 4.69) is 5.32 Å². The number of carbonyl (C=O) groups is 2. The summed E-state index contributed by atoms with van der Waals surface area (Å²) in [7, 11) is 0. The molecule has 0 fully saturated rings. The normalized spacial score (nSPS) is 14.4. The van der Waals surface area contributed by atoms with E-state index in [9.17, 15) is 9.59 Å². The van der Waals surface area contributed by atoms with E-state index in [1.165, 1.54) is 0 Å². The van der Waals surface area contributed by atoms with Gasteiger partial charge in [0.25, 0.3) is 0 Å². The van der Waals surface area contributed by atoms with Crippen molar-refractivity contribution in [2.75, 3.05) is 13.2 Å². The molecule has 0 bridgehead atoms. The van der Waals surface area contributed by atoms with Gasteiger partial charge in [0.15, 0.2) is 0 Å². The van der Waals surface area contributed by atoms with Gasteiger partial charge >= 0.3 is 11.9 Å². The molecule has 2 aromatic carbocycles. The van der Waals surface area contributed by atoms with Crippen molar-refractivity contribution in [2.45, 2.75) is 33.6 Å². The summed E-state index contributed by atoms with van der Waals surface area (Å²) in [5.41, 5.74) is 5.11. The summed E-state index contributed by atoms with van der Waals surface area (Å²) in [4.78, 5) is 25.8. The second kappa shape index (κ2) is 9.44. The molecule has 5 nitrogen and oxygen atoms in total. The van der Waals surface area contributed by atoms with Crippen LogP contribution in [0.15, 0.2) is 77.1 Å². The molecule has 0 amide bonds. The highest BCUT2D eigenvalue weighted by Crippen LogP contribution is 2.40. The molecule has 3 rings (SSSR count). The van der Waals surface area contributed by atoms with Gasteiger partial charge in [-0.2, -0.15) is 0 Å². The van der Waals surface area contributed by atoms with E-state index in [0.29, 0.717) is 22.5 Å². The van der Waals surface area contributed by atoms with Crippen molar-refractivity contribution in [1.29, 1.82) is 0 Å². The predicted molar refractivity (Wildman–Crippen MR) is 116 cm³/mol. The standard InChI is InChI=1S/C25H27NO4/c1-5-29-24(27)21-16(3)26-17(4)22(25(28)30-6-2)23(21)20-14-10-13-19(15-20)18-11-8-7-9-12-18/h7-15,23,26H,5-6H2,1-4H3. The number of benzene rings is 2. The molecule has 156 valence electrons. The minimum atomic E-state index is -0.576. The average molecular weight is 405 g/mol. The predicted octanol–water partition coefficient (Wildman–Crippen LogP) is 4.71. The summed E-state index contributed by atoms with van der Waals surface area (Å²) < 4.78 is 10.7. The first kappa shape index (κ1) is 21.4. The van der Waals surface area contributed by atoms with E-state index in [-0.39, 0.29) is 13.2 Å². The van der Waals surface area contributed by atoms with Gasteiger partial charge in [-0.15, -0.1) is 0 Å². The molecule has 0 unspecified atom stereocenters. The van der Waals surface area contributed by atoms with Crippen molar-refractivity contribution in [2.24, 2.45) is 0 Å². The van der Waals surface area contributed by atoms with Crippen LogP contribution in [0.3, 0.4) is 0 Å². The van der Waals surface area contributed by atoms with Crippen molar-refractivity contribution in [3.05, 3.63) is 82.7 Å². The SMILES string of the molecule is CCOC(=O)C1=C(C)NC(C)=C(C(=O)OCC)C1c1cccc(-c2ccccc2)c1. The Hall–Kier alpha value is -3.34. The highest BCUT2D eigenvalue weighted by molar-refractivity contribution is 6.00. The lowest BCUT2D eigenvalue weighted by Gasteiger charge is -2.30. The molecule has 30 heavy (non-hydrogen) atoms. The second-order valence-corrected chi connectivity index (χ2v) is 7.07. The second-order valence-electron chi connectivity index (χ2n) is 7.07. The number of esters is 2. The third-order valence-corrected chi connectivity index (χ3v) is 5.08. The fourth-order valence-corrected chi connectivity index (χ4v) is 3.81. The molecule has 1 aliphatic rings. The van der Waals surface area contributed by atoms with Crippen LogP contribution in [0.4, 0.5) is 0 Å². The van der Waals surface area contributed by atoms with Gasteiger partial charge < -0.3 is 14.8 Å². The number of hydrogen-bond acceptors (Lipinski definition) is 5. The van der Waals surface area contributed by atoms with Crippen molar-refractivity contribution < 1.29 is 19.1 Å². The lowest BCUT2D eigenvalue weighted by atomic mass is 9.79. The molecule has 0 aromatic heterocycles. The van der Waals surface area contributed by atoms with Crippen LogP contribution >= 0.6 is 0 Å². The molecule has 1 N–H and O–H groups in total. The zero-order chi connectivity index (χ0) is 21.7. The fourth-order valence-electron chi connectivity index (χ4n) is 3.81. The first-order valence-corrected chi connectivity index (χ1v) is 10.2. The molecule has 0 aliphatic carbocycles. The van der Waals surface area contributed by atoms with E-state index in [0.717, 1.165) is 16.7 Å². The van der Waals surface area contributed by atoms with Crippen molar-refractivity contribution in [3.8, 4) is 11.1 Å². The zero-order valence-corrected chi connectivity index (χ0v) is 17.8. The minimum absolute atomic E-state index is 0.254. The highest BCUT2D eigenvalue weighted by Gasteiger charge is 2.37. The maximum Gasteiger partial charge on any atom is 0.336 e. The van der Waals surface area contributed by atoms with Crippen LogP contribution in [0.1, 0.15) is 39.2 Å². The largest absolute Gasteiger partial charge is 0.463 e. The Balaban J connectivity index is 2.17. The third kappa shape index (κ3) is 4.30. The van der Waals surface area contributed by atoms with Crippen LogP contribution < -0.4 is 5.32 Å². The zero-order valence-electron chi connectivity index (χ0n) is 17.8. The quantitative estimate of drug-likeness (QED) is 0.705. The maximum absolute atomic E-state index is 12.9. The van der Waals surface area contributed by atoms with Gasteiger partial charge in [-0.3, -0.25) is 0 Å². The van der Waals surface area contributed by atoms with E-state index in [1.807, 2.05) is 68.4 Å². The first-order valence-electron chi connectivity index (χ1n) is 10.2. The van der Waals surface area contributed by atoms with Crippen molar-refractivity contribution >= 4 is 11.9 Å². The van der Waals surface area contributed by atoms with Gasteiger partial charge in [0.05, 0.1) is 30.3 Å². The van der Waals surface area contributed by atoms with Crippen molar-refractivity contribution in [1.82, 2.24) is 5.32 Å². The number of nitrogens with one attached hydrogen (secondary N) is 1. The summed E-state index contributed by atoms with van der Waals surface area (Å²) in [5.74, 6) is -1.45. The summed E-state index contributed by atoms with van der Waals surface area (Å²) in [6, 6.07) is 17.9. The molecule has 0 radical (unpaired) electrons. The van der Waals surface area contributed by atoms with Gasteiger partial charge in [0.1, 0.15) is 0 Å². The number of ether oxygens (including phenoxy) is 2. The summed E-state index contributed by atoms with van der Waals surface area (Å²) in [6.07, 6.45) is 0. The van der Waals surface area contributed by atoms with E-state index < -0.39 is 17.9 Å². The number of rotatable bonds is 6. The number of dihydropyridines is 1. The molecule has 1 aliphatic heterocycles. The molecule has 2 aromatic rings. The summed E-state index contributed by atoms with van der Waals surface area (Å²) in [5, 5.41) is 3.16. The van der Waals surface area contributed by atoms with Gasteiger partial charge in [0.2, 0.25) is 0 Å². The summed E-state index contributed by atoms with van der Waals surface area (Å²) in [6.45, 7) is 7.69. The van der Waals surface area contributed by atoms with Gasteiger partial charge in [0, 0.05) is 11.4 Å². The molecule has 1 heterocycles. The Morgan fingerprint density at radius 1 is 0.800 bits per heavy atom. The Kier molecular flexibility index (Phi) is 6.72. The number of carbonyl (C=O) groups excluding carboxylic acids is 2. The van der Waals surface area contributed by atoms with Crippen LogP contribution in [0.2, 0.25) is 0 Å². The van der Waals surface area contributed by atoms with E-state index >= 15 is 0 Å². The Morgan fingerprint density at radius 2 is 1.33 bits per heavy atom. The number of allylic oxidation sites excluding steroid dienone is 2. The maximum atomic E-state index is 12.9. The molecule has 0 saturated heterocycles. The van der Waals surface area contributed by atoms with E-state index in [1.54, 1.807) is 13.8 Å². The van der Waals surface area contributed by atoms with Crippen molar-refractivity contribution in [3.63, 3.8) is 0 Å². The van der Waals surface area contributed by atoms with Crippen LogP contribution in [-0.4, -0.2) is 25.2 Å². The van der Waals surface area contributed by atoms with Gasteiger partial charge in [-0.1, -0.05) is 54.6 Å². The van der Waals surface area contributed by atoms with Crippen LogP contribution in [0.25, 0.3) is 11.1 Å². The molecule has 0 atom stereocenters. The Bertz CT molecular complexity index is 965. The summed E-state index contributed by atoms with van der Waals surface area (Å²) >= 11 is 0. The van der Waals surface area contributed by atoms with E-state index in [4.69, 9.17) is 9.47 Å². The fraction of sp³-hybridized carbons (Fsp3) is 0.280. The average Bonchev–Trinajstić information content (AvgIpc) is 2.74. The molecule has 0 spiro atoms. The lowest BCUT2D eigenvalue weighted by molar-refractivity contribution is -0.139. The Labute approximate surface area is 177 Å². The molecule has 5 heteroatoms. The Morgan fingerprint density at radius 3 is 1.87 bits per heavy atom. The topological polar surface area (TPSA) is 64.6 Å². The van der Waals surface area contributed by atoms with Gasteiger partial charge in [-0.25, -0.2) is 9.59 Å². The lowest BCUT2D eigenvalue weighted by Crippen LogP contribution is -2.32. The smallest absolute Gasteiger partial charge is 0.336 e. The highest BCUT2D eigenvalue weighted by atomic mass is 16.5. The van der Waals surface area contributed by atoms with Gasteiger partial charge in [-0.05, 0) is 44.4 Å². The molecular formula is C25H27NO4. The monoisotopic (exact) mass is 405 g/mol. The third-order valence-electron chi connectivity index (χ3n) is 5.08.